The minimum Gasteiger partial charge on any atom is -0.322 e. The summed E-state index contributed by atoms with van der Waals surface area (Å²) in [5.74, 6) is -1.20. The molecule has 6 nitrogen and oxygen atoms in total. The molecule has 2 aromatic heterocycles. The van der Waals surface area contributed by atoms with Crippen molar-refractivity contribution < 1.29 is 9.18 Å². The zero-order chi connectivity index (χ0) is 20.5. The van der Waals surface area contributed by atoms with Gasteiger partial charge in [0.2, 0.25) is 5.91 Å². The zero-order valence-corrected chi connectivity index (χ0v) is 16.3. The van der Waals surface area contributed by atoms with Gasteiger partial charge in [-0.15, -0.1) is 0 Å². The molecule has 0 aliphatic rings. The van der Waals surface area contributed by atoms with Crippen molar-refractivity contribution in [2.45, 2.75) is 6.54 Å². The van der Waals surface area contributed by atoms with Crippen LogP contribution >= 0.6 is 23.2 Å². The highest BCUT2D eigenvalue weighted by Crippen LogP contribution is 2.21. The molecule has 4 rings (SSSR count). The van der Waals surface area contributed by atoms with Gasteiger partial charge in [0.15, 0.2) is 0 Å². The number of hydrogen-bond donors (Lipinski definition) is 1. The van der Waals surface area contributed by atoms with Gasteiger partial charge in [-0.05, 0) is 36.4 Å². The number of carbonyl (C=O) groups is 1. The maximum absolute atomic E-state index is 13.8. The molecule has 0 aliphatic carbocycles. The van der Waals surface area contributed by atoms with Gasteiger partial charge in [-0.1, -0.05) is 35.3 Å². The van der Waals surface area contributed by atoms with Gasteiger partial charge in [0.25, 0.3) is 5.56 Å². The molecule has 9 heteroatoms. The minimum atomic E-state index is -0.656. The van der Waals surface area contributed by atoms with Gasteiger partial charge in [-0.25, -0.2) is 8.91 Å². The fraction of sp³-hybridized carbons (Fsp3) is 0.0500. The Morgan fingerprint density at radius 2 is 1.76 bits per heavy atom. The van der Waals surface area contributed by atoms with Crippen LogP contribution in [0.1, 0.15) is 0 Å². The molecule has 0 fully saturated rings. The van der Waals surface area contributed by atoms with Crippen LogP contribution in [0.15, 0.2) is 65.7 Å². The summed E-state index contributed by atoms with van der Waals surface area (Å²) in [4.78, 5) is 25.0. The van der Waals surface area contributed by atoms with Crippen molar-refractivity contribution >= 4 is 40.3 Å². The van der Waals surface area contributed by atoms with E-state index in [1.54, 1.807) is 36.5 Å². The highest BCUT2D eigenvalue weighted by atomic mass is 35.5. The van der Waals surface area contributed by atoms with Crippen molar-refractivity contribution in [1.29, 1.82) is 0 Å². The van der Waals surface area contributed by atoms with Gasteiger partial charge in [-0.2, -0.15) is 5.10 Å². The molecule has 0 spiro atoms. The summed E-state index contributed by atoms with van der Waals surface area (Å²) < 4.78 is 16.5. The van der Waals surface area contributed by atoms with E-state index in [0.29, 0.717) is 16.2 Å². The van der Waals surface area contributed by atoms with Gasteiger partial charge in [-0.3, -0.25) is 9.59 Å². The predicted octanol–water partition coefficient (Wildman–Crippen LogP) is 4.25. The minimum absolute atomic E-state index is 0.0112. The van der Waals surface area contributed by atoms with Crippen LogP contribution in [-0.4, -0.2) is 20.1 Å². The van der Waals surface area contributed by atoms with E-state index >= 15 is 0 Å². The maximum atomic E-state index is 13.8. The number of amides is 1. The summed E-state index contributed by atoms with van der Waals surface area (Å²) in [6, 6.07) is 12.6. The quantitative estimate of drug-likeness (QED) is 0.526. The standard InChI is InChI=1S/C20H13Cl2FN4O2/c21-13-3-1-12(2-4-13)17-10-18-20(29)26(7-8-27(18)25-17)11-19(28)24-16-6-5-14(22)9-15(16)23/h1-10H,11H2,(H,24,28). The zero-order valence-electron chi connectivity index (χ0n) is 14.8. The molecule has 2 heterocycles. The second-order valence-corrected chi connectivity index (χ2v) is 7.14. The van der Waals surface area contributed by atoms with Gasteiger partial charge in [0, 0.05) is 28.0 Å². The molecule has 1 amide bonds. The van der Waals surface area contributed by atoms with Crippen molar-refractivity contribution in [2.75, 3.05) is 5.32 Å². The van der Waals surface area contributed by atoms with Crippen LogP contribution in [0.4, 0.5) is 10.1 Å². The summed E-state index contributed by atoms with van der Waals surface area (Å²) in [6.07, 6.45) is 3.03. The first kappa shape index (κ1) is 19.2. The molecule has 4 aromatic rings. The first-order valence-corrected chi connectivity index (χ1v) is 9.26. The third-order valence-electron chi connectivity index (χ3n) is 4.26. The number of hydrogen-bond acceptors (Lipinski definition) is 3. The van der Waals surface area contributed by atoms with Crippen molar-refractivity contribution in [3.05, 3.63) is 87.1 Å². The Labute approximate surface area is 174 Å². The third kappa shape index (κ3) is 4.01. The molecule has 2 aromatic carbocycles. The van der Waals surface area contributed by atoms with Crippen molar-refractivity contribution in [3.8, 4) is 11.3 Å². The number of anilines is 1. The summed E-state index contributed by atoms with van der Waals surface area (Å²) >= 11 is 11.6. The third-order valence-corrected chi connectivity index (χ3v) is 4.75. The fourth-order valence-electron chi connectivity index (χ4n) is 2.85. The normalized spacial score (nSPS) is 11.0. The Hall–Kier alpha value is -3.16. The largest absolute Gasteiger partial charge is 0.322 e. The Morgan fingerprint density at radius 3 is 2.48 bits per heavy atom. The fourth-order valence-corrected chi connectivity index (χ4v) is 3.13. The van der Waals surface area contributed by atoms with Gasteiger partial charge in [0.1, 0.15) is 17.9 Å². The van der Waals surface area contributed by atoms with E-state index in [9.17, 15) is 14.0 Å². The molecule has 0 aliphatic heterocycles. The molecule has 0 unspecified atom stereocenters. The molecule has 29 heavy (non-hydrogen) atoms. The number of carbonyl (C=O) groups excluding carboxylic acids is 1. The summed E-state index contributed by atoms with van der Waals surface area (Å²) in [7, 11) is 0. The topological polar surface area (TPSA) is 68.4 Å². The second-order valence-electron chi connectivity index (χ2n) is 6.27. The maximum Gasteiger partial charge on any atom is 0.277 e. The van der Waals surface area contributed by atoms with E-state index < -0.39 is 17.3 Å². The number of aromatic nitrogens is 3. The Bertz CT molecular complexity index is 1280. The van der Waals surface area contributed by atoms with E-state index in [1.807, 2.05) is 0 Å². The predicted molar refractivity (Wildman–Crippen MR) is 110 cm³/mol. The molecule has 0 atom stereocenters. The van der Waals surface area contributed by atoms with Crippen molar-refractivity contribution in [3.63, 3.8) is 0 Å². The second kappa shape index (κ2) is 7.69. The van der Waals surface area contributed by atoms with Crippen LogP contribution in [0, 0.1) is 5.82 Å². The molecule has 0 saturated carbocycles. The summed E-state index contributed by atoms with van der Waals surface area (Å²) in [5, 5.41) is 7.63. The molecule has 0 saturated heterocycles. The first-order chi connectivity index (χ1) is 13.9. The van der Waals surface area contributed by atoms with Crippen LogP contribution in [0.3, 0.4) is 0 Å². The van der Waals surface area contributed by atoms with E-state index in [1.165, 1.54) is 27.4 Å². The molecule has 0 bridgehead atoms. The lowest BCUT2D eigenvalue weighted by Crippen LogP contribution is -2.28. The van der Waals surface area contributed by atoms with E-state index in [2.05, 4.69) is 10.4 Å². The van der Waals surface area contributed by atoms with E-state index in [0.717, 1.165) is 11.6 Å². The Balaban J connectivity index is 1.59. The summed E-state index contributed by atoms with van der Waals surface area (Å²) in [5.41, 5.74) is 1.31. The van der Waals surface area contributed by atoms with Crippen LogP contribution in [0.25, 0.3) is 16.8 Å². The smallest absolute Gasteiger partial charge is 0.277 e. The lowest BCUT2D eigenvalue weighted by atomic mass is 10.1. The Morgan fingerprint density at radius 1 is 1.03 bits per heavy atom. The molecular weight excluding hydrogens is 418 g/mol. The number of rotatable bonds is 4. The van der Waals surface area contributed by atoms with Crippen molar-refractivity contribution in [1.82, 2.24) is 14.2 Å². The average Bonchev–Trinajstić information content (AvgIpc) is 3.12. The molecular formula is C20H13Cl2FN4O2. The van der Waals surface area contributed by atoms with Crippen LogP contribution in [0.2, 0.25) is 10.0 Å². The average molecular weight is 431 g/mol. The van der Waals surface area contributed by atoms with E-state index in [-0.39, 0.29) is 17.3 Å². The van der Waals surface area contributed by atoms with Gasteiger partial charge in [0.05, 0.1) is 11.4 Å². The molecule has 0 radical (unpaired) electrons. The Kier molecular flexibility index (Phi) is 5.08. The highest BCUT2D eigenvalue weighted by molar-refractivity contribution is 6.31. The van der Waals surface area contributed by atoms with Crippen LogP contribution in [-0.2, 0) is 11.3 Å². The monoisotopic (exact) mass is 430 g/mol. The number of halogens is 3. The highest BCUT2D eigenvalue weighted by Gasteiger charge is 2.13. The SMILES string of the molecule is O=C(Cn1ccn2nc(-c3ccc(Cl)cc3)cc2c1=O)Nc1ccc(Cl)cc1F. The van der Waals surface area contributed by atoms with Gasteiger partial charge < -0.3 is 9.88 Å². The van der Waals surface area contributed by atoms with Crippen LogP contribution < -0.4 is 10.9 Å². The number of nitrogens with zero attached hydrogens (tertiary/aromatic N) is 3. The number of fused-ring (bicyclic) bond motifs is 1. The van der Waals surface area contributed by atoms with Gasteiger partial charge >= 0.3 is 0 Å². The lowest BCUT2D eigenvalue weighted by Gasteiger charge is -2.08. The van der Waals surface area contributed by atoms with Crippen LogP contribution in [0.5, 0.6) is 0 Å². The number of benzene rings is 2. The first-order valence-electron chi connectivity index (χ1n) is 8.50. The summed E-state index contributed by atoms with van der Waals surface area (Å²) in [6.45, 7) is -0.279. The lowest BCUT2D eigenvalue weighted by molar-refractivity contribution is -0.116. The number of nitrogens with one attached hydrogen (secondary N) is 1. The molecule has 146 valence electrons. The van der Waals surface area contributed by atoms with Crippen molar-refractivity contribution in [2.24, 2.45) is 0 Å². The van der Waals surface area contributed by atoms with E-state index in [4.69, 9.17) is 23.2 Å². The molecule has 1 N–H and O–H groups in total.